The lowest BCUT2D eigenvalue weighted by molar-refractivity contribution is -0.924. The Morgan fingerprint density at radius 3 is 2.83 bits per heavy atom. The molecule has 3 nitrogen and oxygen atoms in total. The van der Waals surface area contributed by atoms with Gasteiger partial charge in [0.2, 0.25) is 0 Å². The van der Waals surface area contributed by atoms with Crippen molar-refractivity contribution in [3.05, 3.63) is 29.8 Å². The minimum absolute atomic E-state index is 0.101. The first-order chi connectivity index (χ1) is 11.2. The fourth-order valence-electron chi connectivity index (χ4n) is 5.11. The third kappa shape index (κ3) is 2.80. The summed E-state index contributed by atoms with van der Waals surface area (Å²) in [4.78, 5) is 16.6. The first kappa shape index (κ1) is 15.2. The highest BCUT2D eigenvalue weighted by Crippen LogP contribution is 2.33. The smallest absolute Gasteiger partial charge is 0.284 e. The van der Waals surface area contributed by atoms with E-state index in [1.54, 1.807) is 0 Å². The predicted octanol–water partition coefficient (Wildman–Crippen LogP) is 2.06. The molecule has 0 spiro atoms. The van der Waals surface area contributed by atoms with Crippen LogP contribution < -0.4 is 9.80 Å². The second-order valence-electron chi connectivity index (χ2n) is 7.80. The minimum Gasteiger partial charge on any atom is -0.325 e. The van der Waals surface area contributed by atoms with Crippen molar-refractivity contribution in [2.75, 3.05) is 24.5 Å². The first-order valence-corrected chi connectivity index (χ1v) is 9.48. The number of nitrogens with one attached hydrogen (secondary N) is 1. The highest BCUT2D eigenvalue weighted by Gasteiger charge is 2.39. The highest BCUT2D eigenvalue weighted by molar-refractivity contribution is 5.97. The number of piperidine rings is 1. The zero-order valence-corrected chi connectivity index (χ0v) is 14.3. The number of rotatable bonds is 2. The van der Waals surface area contributed by atoms with Crippen LogP contribution in [0.15, 0.2) is 24.3 Å². The quantitative estimate of drug-likeness (QED) is 0.888. The van der Waals surface area contributed by atoms with E-state index >= 15 is 0 Å². The van der Waals surface area contributed by atoms with Gasteiger partial charge in [0, 0.05) is 18.2 Å². The molecule has 23 heavy (non-hydrogen) atoms. The van der Waals surface area contributed by atoms with Crippen LogP contribution in [0.3, 0.4) is 0 Å². The molecule has 3 heteroatoms. The van der Waals surface area contributed by atoms with E-state index in [9.17, 15) is 4.79 Å². The number of hydrogen-bond donors (Lipinski definition) is 1. The van der Waals surface area contributed by atoms with E-state index in [1.807, 2.05) is 4.90 Å². The molecule has 1 amide bonds. The Hall–Kier alpha value is -1.35. The Kier molecular flexibility index (Phi) is 4.14. The normalized spacial score (nSPS) is 31.3. The summed E-state index contributed by atoms with van der Waals surface area (Å²) in [5.74, 6) is 2.15. The number of amides is 1. The van der Waals surface area contributed by atoms with Gasteiger partial charge in [-0.2, -0.15) is 0 Å². The van der Waals surface area contributed by atoms with Gasteiger partial charge in [0.25, 0.3) is 5.91 Å². The molecule has 3 aliphatic rings. The minimum atomic E-state index is 0.101. The average molecular weight is 313 g/mol. The van der Waals surface area contributed by atoms with Gasteiger partial charge in [-0.15, -0.1) is 0 Å². The Morgan fingerprint density at radius 2 is 1.96 bits per heavy atom. The molecule has 0 aromatic heterocycles. The second-order valence-corrected chi connectivity index (χ2v) is 7.80. The molecule has 1 aliphatic carbocycles. The number of quaternary nitrogens is 1. The maximum atomic E-state index is 13.1. The Morgan fingerprint density at radius 1 is 1.17 bits per heavy atom. The fraction of sp³-hybridized carbons (Fsp3) is 0.650. The lowest BCUT2D eigenvalue weighted by atomic mass is 9.75. The molecule has 2 aliphatic heterocycles. The summed E-state index contributed by atoms with van der Waals surface area (Å²) in [7, 11) is 0. The molecule has 0 radical (unpaired) electrons. The summed E-state index contributed by atoms with van der Waals surface area (Å²) in [6, 6.07) is 8.50. The Bertz CT molecular complexity index is 585. The molecule has 4 rings (SSSR count). The van der Waals surface area contributed by atoms with Crippen LogP contribution in [0, 0.1) is 11.8 Å². The van der Waals surface area contributed by atoms with Gasteiger partial charge in [-0.3, -0.25) is 4.79 Å². The fourth-order valence-corrected chi connectivity index (χ4v) is 5.11. The number of likely N-dealkylation sites (tertiary alicyclic amines) is 1. The SMILES string of the molecule is C[C@@H](C(=O)N1CCc2ccccc21)[NH+]1CC[C@@H]2CCCC[C@@H]2C1. The first-order valence-electron chi connectivity index (χ1n) is 9.48. The van der Waals surface area contributed by atoms with Crippen molar-refractivity contribution >= 4 is 11.6 Å². The van der Waals surface area contributed by atoms with E-state index in [2.05, 4.69) is 31.2 Å². The lowest BCUT2D eigenvalue weighted by Gasteiger charge is -2.41. The molecule has 1 saturated heterocycles. The topological polar surface area (TPSA) is 24.8 Å². The molecule has 1 N–H and O–H groups in total. The van der Waals surface area contributed by atoms with E-state index < -0.39 is 0 Å². The van der Waals surface area contributed by atoms with Crippen LogP contribution in [-0.4, -0.2) is 31.6 Å². The summed E-state index contributed by atoms with van der Waals surface area (Å²) < 4.78 is 0. The lowest BCUT2D eigenvalue weighted by Crippen LogP contribution is -3.18. The van der Waals surface area contributed by atoms with Crippen LogP contribution >= 0.6 is 0 Å². The Labute approximate surface area is 139 Å². The van der Waals surface area contributed by atoms with Crippen LogP contribution in [0.4, 0.5) is 5.69 Å². The van der Waals surface area contributed by atoms with Crippen molar-refractivity contribution in [3.63, 3.8) is 0 Å². The van der Waals surface area contributed by atoms with Gasteiger partial charge in [-0.05, 0) is 50.2 Å². The molecular weight excluding hydrogens is 284 g/mol. The van der Waals surface area contributed by atoms with E-state index in [4.69, 9.17) is 0 Å². The molecule has 0 bridgehead atoms. The van der Waals surface area contributed by atoms with Gasteiger partial charge in [0.1, 0.15) is 0 Å². The van der Waals surface area contributed by atoms with Crippen molar-refractivity contribution in [1.82, 2.24) is 0 Å². The maximum absolute atomic E-state index is 13.1. The number of anilines is 1. The Balaban J connectivity index is 1.45. The number of para-hydroxylation sites is 1. The monoisotopic (exact) mass is 313 g/mol. The van der Waals surface area contributed by atoms with Crippen molar-refractivity contribution in [2.24, 2.45) is 11.8 Å². The number of carbonyl (C=O) groups is 1. The maximum Gasteiger partial charge on any atom is 0.284 e. The van der Waals surface area contributed by atoms with Gasteiger partial charge in [-0.25, -0.2) is 0 Å². The van der Waals surface area contributed by atoms with E-state index in [-0.39, 0.29) is 6.04 Å². The number of fused-ring (bicyclic) bond motifs is 2. The standard InChI is InChI=1S/C20H28N2O/c1-15(21-12-10-16-6-2-3-8-18(16)14-21)20(23)22-13-11-17-7-4-5-9-19(17)22/h4-5,7,9,15-16,18H,2-3,6,8,10-14H2,1H3/p+1/t15-,16-,18+/m0/s1. The van der Waals surface area contributed by atoms with E-state index in [1.165, 1.54) is 55.7 Å². The van der Waals surface area contributed by atoms with Crippen molar-refractivity contribution in [3.8, 4) is 0 Å². The van der Waals surface area contributed by atoms with Gasteiger partial charge >= 0.3 is 0 Å². The summed E-state index contributed by atoms with van der Waals surface area (Å²) in [6.45, 7) is 5.42. The predicted molar refractivity (Wildman–Crippen MR) is 92.7 cm³/mol. The molecule has 124 valence electrons. The van der Waals surface area contributed by atoms with Gasteiger partial charge in [0.05, 0.1) is 13.1 Å². The summed E-state index contributed by atoms with van der Waals surface area (Å²) in [6.07, 6.45) is 7.98. The highest BCUT2D eigenvalue weighted by atomic mass is 16.2. The van der Waals surface area contributed by atoms with Crippen molar-refractivity contribution in [1.29, 1.82) is 0 Å². The number of benzene rings is 1. The van der Waals surface area contributed by atoms with E-state index in [0.29, 0.717) is 5.91 Å². The molecule has 1 aromatic carbocycles. The van der Waals surface area contributed by atoms with Crippen LogP contribution in [-0.2, 0) is 11.2 Å². The molecule has 1 saturated carbocycles. The number of nitrogens with zero attached hydrogens (tertiary/aromatic N) is 1. The van der Waals surface area contributed by atoms with Crippen LogP contribution in [0.25, 0.3) is 0 Å². The largest absolute Gasteiger partial charge is 0.325 e. The molecule has 1 aromatic rings. The zero-order chi connectivity index (χ0) is 15.8. The van der Waals surface area contributed by atoms with Crippen molar-refractivity contribution in [2.45, 2.75) is 51.5 Å². The summed E-state index contributed by atoms with van der Waals surface area (Å²) in [5, 5.41) is 0. The summed E-state index contributed by atoms with van der Waals surface area (Å²) >= 11 is 0. The molecule has 2 heterocycles. The van der Waals surface area contributed by atoms with Crippen LogP contribution in [0.5, 0.6) is 0 Å². The second kappa shape index (κ2) is 6.27. The molecule has 4 atom stereocenters. The number of carbonyl (C=O) groups excluding carboxylic acids is 1. The average Bonchev–Trinajstić information content (AvgIpc) is 3.04. The van der Waals surface area contributed by atoms with Crippen molar-refractivity contribution < 1.29 is 9.69 Å². The third-order valence-corrected chi connectivity index (χ3v) is 6.56. The van der Waals surface area contributed by atoms with Gasteiger partial charge in [0.15, 0.2) is 6.04 Å². The molecular formula is C20H29N2O+. The third-order valence-electron chi connectivity index (χ3n) is 6.56. The van der Waals surface area contributed by atoms with E-state index in [0.717, 1.165) is 30.5 Å². The van der Waals surface area contributed by atoms with Gasteiger partial charge < -0.3 is 9.80 Å². The number of hydrogen-bond acceptors (Lipinski definition) is 1. The van der Waals surface area contributed by atoms with Crippen LogP contribution in [0.2, 0.25) is 0 Å². The molecule has 1 unspecified atom stereocenters. The van der Waals surface area contributed by atoms with Crippen LogP contribution in [0.1, 0.15) is 44.6 Å². The van der Waals surface area contributed by atoms with Gasteiger partial charge in [-0.1, -0.05) is 31.0 Å². The summed E-state index contributed by atoms with van der Waals surface area (Å²) in [5.41, 5.74) is 2.48. The zero-order valence-electron chi connectivity index (χ0n) is 14.3. The molecule has 2 fully saturated rings.